The van der Waals surface area contributed by atoms with Crippen molar-refractivity contribution in [2.24, 2.45) is 0 Å². The number of fused-ring (bicyclic) bond motifs is 1. The second-order valence-electron chi connectivity index (χ2n) is 2.26. The number of hydrogen-bond acceptors (Lipinski definition) is 2. The molecule has 52 valence electrons. The number of aromatic amines is 1. The minimum atomic E-state index is 0.577. The van der Waals surface area contributed by atoms with Crippen molar-refractivity contribution in [1.29, 1.82) is 5.26 Å². The first-order valence-electron chi connectivity index (χ1n) is 3.23. The zero-order chi connectivity index (χ0) is 7.68. The molecule has 0 saturated carbocycles. The van der Waals surface area contributed by atoms with E-state index in [2.05, 4.69) is 9.97 Å². The topological polar surface area (TPSA) is 52.5 Å². The molecule has 2 aromatic heterocycles. The number of hydrogen-bond donors (Lipinski definition) is 1. The first kappa shape index (κ1) is 5.93. The number of nitriles is 1. The highest BCUT2D eigenvalue weighted by atomic mass is 14.7. The van der Waals surface area contributed by atoms with Gasteiger partial charge in [-0.05, 0) is 12.1 Å². The molecule has 0 amide bonds. The molecule has 0 fully saturated rings. The van der Waals surface area contributed by atoms with Gasteiger partial charge in [-0.15, -0.1) is 0 Å². The molecule has 0 unspecified atom stereocenters. The molecule has 0 aliphatic heterocycles. The second kappa shape index (κ2) is 2.10. The van der Waals surface area contributed by atoms with E-state index in [0.717, 1.165) is 10.9 Å². The summed E-state index contributed by atoms with van der Waals surface area (Å²) in [5.41, 5.74) is 1.48. The van der Waals surface area contributed by atoms with E-state index in [9.17, 15) is 0 Å². The number of rotatable bonds is 0. The molecule has 0 spiro atoms. The van der Waals surface area contributed by atoms with Gasteiger partial charge in [0, 0.05) is 11.6 Å². The molecule has 2 heterocycles. The standard InChI is InChI=1S/C8H5N3/c9-4-7-3-6-1-2-10-5-8(6)11-7/h1-3,5,11H. The van der Waals surface area contributed by atoms with Crippen LogP contribution in [0.15, 0.2) is 24.5 Å². The maximum atomic E-state index is 8.54. The van der Waals surface area contributed by atoms with Gasteiger partial charge in [-0.1, -0.05) is 0 Å². The van der Waals surface area contributed by atoms with Crippen LogP contribution in [0.5, 0.6) is 0 Å². The molecule has 0 atom stereocenters. The van der Waals surface area contributed by atoms with Crippen LogP contribution in [0.1, 0.15) is 5.69 Å². The van der Waals surface area contributed by atoms with Crippen molar-refractivity contribution in [3.63, 3.8) is 0 Å². The van der Waals surface area contributed by atoms with E-state index in [1.165, 1.54) is 0 Å². The van der Waals surface area contributed by atoms with Gasteiger partial charge in [0.2, 0.25) is 0 Å². The smallest absolute Gasteiger partial charge is 0.118 e. The summed E-state index contributed by atoms with van der Waals surface area (Å²) in [7, 11) is 0. The van der Waals surface area contributed by atoms with Crippen LogP contribution in [0.25, 0.3) is 10.9 Å². The van der Waals surface area contributed by atoms with Crippen molar-refractivity contribution in [2.45, 2.75) is 0 Å². The molecule has 2 aromatic rings. The van der Waals surface area contributed by atoms with Crippen molar-refractivity contribution in [3.05, 3.63) is 30.2 Å². The Morgan fingerprint density at radius 3 is 3.18 bits per heavy atom. The van der Waals surface area contributed by atoms with Crippen LogP contribution >= 0.6 is 0 Å². The lowest BCUT2D eigenvalue weighted by Gasteiger charge is -1.82. The number of H-pyrrole nitrogens is 1. The Kier molecular flexibility index (Phi) is 1.13. The summed E-state index contributed by atoms with van der Waals surface area (Å²) < 4.78 is 0. The SMILES string of the molecule is N#Cc1cc2ccncc2[nH]1. The molecule has 0 bridgehead atoms. The minimum absolute atomic E-state index is 0.577. The minimum Gasteiger partial charge on any atom is -0.345 e. The van der Waals surface area contributed by atoms with E-state index >= 15 is 0 Å². The van der Waals surface area contributed by atoms with E-state index in [1.807, 2.05) is 12.1 Å². The highest BCUT2D eigenvalue weighted by Gasteiger charge is 1.96. The summed E-state index contributed by atoms with van der Waals surface area (Å²) in [5.74, 6) is 0. The maximum Gasteiger partial charge on any atom is 0.118 e. The molecular formula is C8H5N3. The lowest BCUT2D eigenvalue weighted by Crippen LogP contribution is -1.70. The summed E-state index contributed by atoms with van der Waals surface area (Å²) >= 11 is 0. The Bertz CT molecular complexity index is 389. The van der Waals surface area contributed by atoms with Crippen LogP contribution in [0.3, 0.4) is 0 Å². The van der Waals surface area contributed by atoms with Gasteiger partial charge in [-0.25, -0.2) is 0 Å². The number of nitrogens with one attached hydrogen (secondary N) is 1. The molecule has 2 rings (SSSR count). The Hall–Kier alpha value is -1.82. The lowest BCUT2D eigenvalue weighted by atomic mass is 10.3. The van der Waals surface area contributed by atoms with E-state index < -0.39 is 0 Å². The van der Waals surface area contributed by atoms with Crippen molar-refractivity contribution >= 4 is 10.9 Å². The highest BCUT2D eigenvalue weighted by Crippen LogP contribution is 2.11. The zero-order valence-corrected chi connectivity index (χ0v) is 5.70. The van der Waals surface area contributed by atoms with Crippen molar-refractivity contribution in [1.82, 2.24) is 9.97 Å². The molecule has 11 heavy (non-hydrogen) atoms. The van der Waals surface area contributed by atoms with Gasteiger partial charge >= 0.3 is 0 Å². The third-order valence-corrected chi connectivity index (χ3v) is 1.54. The Labute approximate surface area is 63.3 Å². The van der Waals surface area contributed by atoms with Crippen LogP contribution in [-0.4, -0.2) is 9.97 Å². The normalized spacial score (nSPS) is 9.73. The zero-order valence-electron chi connectivity index (χ0n) is 5.70. The van der Waals surface area contributed by atoms with Crippen LogP contribution in [-0.2, 0) is 0 Å². The first-order chi connectivity index (χ1) is 5.40. The number of pyridine rings is 1. The molecule has 0 aliphatic rings. The fourth-order valence-electron chi connectivity index (χ4n) is 1.03. The van der Waals surface area contributed by atoms with Crippen molar-refractivity contribution in [2.75, 3.05) is 0 Å². The van der Waals surface area contributed by atoms with Crippen LogP contribution in [0.2, 0.25) is 0 Å². The van der Waals surface area contributed by atoms with Gasteiger partial charge < -0.3 is 4.98 Å². The molecule has 0 saturated heterocycles. The van der Waals surface area contributed by atoms with Gasteiger partial charge in [0.1, 0.15) is 11.8 Å². The molecule has 0 radical (unpaired) electrons. The van der Waals surface area contributed by atoms with E-state index in [0.29, 0.717) is 5.69 Å². The number of nitrogens with zero attached hydrogens (tertiary/aromatic N) is 2. The van der Waals surface area contributed by atoms with Crippen LogP contribution in [0, 0.1) is 11.3 Å². The first-order valence-corrected chi connectivity index (χ1v) is 3.23. The average molecular weight is 143 g/mol. The average Bonchev–Trinajstić information content (AvgIpc) is 2.46. The quantitative estimate of drug-likeness (QED) is 0.606. The third kappa shape index (κ3) is 0.849. The number of aromatic nitrogens is 2. The van der Waals surface area contributed by atoms with Gasteiger partial charge in [0.25, 0.3) is 0 Å². The summed E-state index contributed by atoms with van der Waals surface area (Å²) in [6.07, 6.45) is 3.41. The van der Waals surface area contributed by atoms with Gasteiger partial charge in [-0.2, -0.15) is 5.26 Å². The van der Waals surface area contributed by atoms with Gasteiger partial charge in [0.15, 0.2) is 0 Å². The summed E-state index contributed by atoms with van der Waals surface area (Å²) in [6.45, 7) is 0. The van der Waals surface area contributed by atoms with E-state index in [-0.39, 0.29) is 0 Å². The van der Waals surface area contributed by atoms with E-state index in [1.54, 1.807) is 18.5 Å². The molecular weight excluding hydrogens is 138 g/mol. The molecule has 0 aliphatic carbocycles. The van der Waals surface area contributed by atoms with Crippen LogP contribution < -0.4 is 0 Å². The highest BCUT2D eigenvalue weighted by molar-refractivity contribution is 5.79. The maximum absolute atomic E-state index is 8.54. The van der Waals surface area contributed by atoms with Crippen molar-refractivity contribution < 1.29 is 0 Å². The Balaban J connectivity index is 2.81. The monoisotopic (exact) mass is 143 g/mol. The molecule has 3 nitrogen and oxygen atoms in total. The lowest BCUT2D eigenvalue weighted by molar-refractivity contribution is 1.32. The third-order valence-electron chi connectivity index (χ3n) is 1.54. The predicted molar refractivity (Wildman–Crippen MR) is 40.8 cm³/mol. The van der Waals surface area contributed by atoms with Gasteiger partial charge in [0.05, 0.1) is 11.7 Å². The second-order valence-corrected chi connectivity index (χ2v) is 2.26. The Morgan fingerprint density at radius 1 is 1.55 bits per heavy atom. The summed E-state index contributed by atoms with van der Waals surface area (Å²) in [4.78, 5) is 6.84. The largest absolute Gasteiger partial charge is 0.345 e. The van der Waals surface area contributed by atoms with Crippen LogP contribution in [0.4, 0.5) is 0 Å². The summed E-state index contributed by atoms with van der Waals surface area (Å²) in [5, 5.41) is 9.56. The fraction of sp³-hybridized carbons (Fsp3) is 0. The molecule has 1 N–H and O–H groups in total. The Morgan fingerprint density at radius 2 is 2.45 bits per heavy atom. The fourth-order valence-corrected chi connectivity index (χ4v) is 1.03. The van der Waals surface area contributed by atoms with Crippen molar-refractivity contribution in [3.8, 4) is 6.07 Å². The molecule has 0 aromatic carbocycles. The predicted octanol–water partition coefficient (Wildman–Crippen LogP) is 1.43. The summed E-state index contributed by atoms with van der Waals surface area (Å²) in [6, 6.07) is 5.70. The van der Waals surface area contributed by atoms with E-state index in [4.69, 9.17) is 5.26 Å². The van der Waals surface area contributed by atoms with Gasteiger partial charge in [-0.3, -0.25) is 4.98 Å². The molecule has 3 heteroatoms.